The van der Waals surface area contributed by atoms with E-state index in [4.69, 9.17) is 5.73 Å². The largest absolute Gasteiger partial charge is 0.574 e. The molecule has 0 aliphatic heterocycles. The van der Waals surface area contributed by atoms with Gasteiger partial charge in [0.15, 0.2) is 6.29 Å². The molecule has 0 fully saturated rings. The van der Waals surface area contributed by atoms with E-state index in [0.717, 1.165) is 0 Å². The van der Waals surface area contributed by atoms with Gasteiger partial charge in [0, 0.05) is 12.1 Å². The van der Waals surface area contributed by atoms with Crippen molar-refractivity contribution >= 4 is 28.9 Å². The van der Waals surface area contributed by atoms with Gasteiger partial charge in [0.1, 0.15) is 0 Å². The number of ether oxygens (including phenoxy) is 1. The van der Waals surface area contributed by atoms with Gasteiger partial charge in [-0.2, -0.15) is 0 Å². The van der Waals surface area contributed by atoms with Crippen LogP contribution < -0.4 is 10.5 Å². The summed E-state index contributed by atoms with van der Waals surface area (Å²) in [6, 6.07) is 1.24. The van der Waals surface area contributed by atoms with Crippen molar-refractivity contribution in [3.05, 3.63) is 20.9 Å². The van der Waals surface area contributed by atoms with E-state index in [1.54, 1.807) is 22.6 Å². The molecule has 1 rings (SSSR count). The Balaban J connectivity index is 3.16. The Morgan fingerprint density at radius 2 is 2.19 bits per heavy atom. The predicted octanol–water partition coefficient (Wildman–Crippen LogP) is 1.86. The first kappa shape index (κ1) is 13.2. The number of aromatic nitrogens is 1. The van der Waals surface area contributed by atoms with Crippen LogP contribution >= 0.6 is 22.6 Å². The first-order chi connectivity index (χ1) is 7.37. The number of hydrogen-bond acceptors (Lipinski definition) is 4. The van der Waals surface area contributed by atoms with Crippen molar-refractivity contribution in [3.63, 3.8) is 0 Å². The zero-order valence-corrected chi connectivity index (χ0v) is 9.87. The summed E-state index contributed by atoms with van der Waals surface area (Å²) in [6.45, 7) is -0.140. The highest BCUT2D eigenvalue weighted by molar-refractivity contribution is 14.1. The third kappa shape index (κ3) is 3.30. The van der Waals surface area contributed by atoms with E-state index < -0.39 is 12.2 Å². The minimum absolute atomic E-state index is 0.0645. The van der Waals surface area contributed by atoms with Crippen LogP contribution in [-0.2, 0) is 6.54 Å². The first-order valence-corrected chi connectivity index (χ1v) is 5.05. The number of pyridine rings is 1. The molecule has 4 nitrogen and oxygen atoms in total. The zero-order valence-electron chi connectivity index (χ0n) is 7.71. The van der Waals surface area contributed by atoms with Gasteiger partial charge >= 0.3 is 6.36 Å². The Bertz CT molecular complexity index is 409. The second-order valence-electron chi connectivity index (χ2n) is 2.68. The fraction of sp³-hybridized carbons (Fsp3) is 0.250. The third-order valence-corrected chi connectivity index (χ3v) is 2.36. The van der Waals surface area contributed by atoms with E-state index >= 15 is 0 Å². The van der Waals surface area contributed by atoms with Gasteiger partial charge in [0.2, 0.25) is 5.88 Å². The summed E-state index contributed by atoms with van der Waals surface area (Å²) in [5, 5.41) is 0. The number of aldehydes is 1. The van der Waals surface area contributed by atoms with E-state index in [0.29, 0.717) is 6.29 Å². The summed E-state index contributed by atoms with van der Waals surface area (Å²) in [4.78, 5) is 14.1. The van der Waals surface area contributed by atoms with Crippen LogP contribution in [-0.4, -0.2) is 17.6 Å². The van der Waals surface area contributed by atoms with Gasteiger partial charge in [-0.25, -0.2) is 4.98 Å². The summed E-state index contributed by atoms with van der Waals surface area (Å²) < 4.78 is 39.7. The molecule has 1 aromatic heterocycles. The minimum Gasteiger partial charge on any atom is -0.387 e. The Hall–Kier alpha value is -0.900. The van der Waals surface area contributed by atoms with E-state index in [9.17, 15) is 18.0 Å². The normalized spacial score (nSPS) is 11.3. The number of rotatable bonds is 3. The van der Waals surface area contributed by atoms with Crippen molar-refractivity contribution in [1.29, 1.82) is 0 Å². The van der Waals surface area contributed by atoms with Crippen LogP contribution in [0.1, 0.15) is 16.1 Å². The van der Waals surface area contributed by atoms with Gasteiger partial charge in [0.05, 0.1) is 9.26 Å². The number of alkyl halides is 3. The molecule has 0 spiro atoms. The average Bonchev–Trinajstić information content (AvgIpc) is 2.18. The lowest BCUT2D eigenvalue weighted by atomic mass is 10.2. The molecule has 2 N–H and O–H groups in total. The molecule has 0 amide bonds. The molecule has 0 atom stereocenters. The van der Waals surface area contributed by atoms with Crippen molar-refractivity contribution in [1.82, 2.24) is 4.98 Å². The molecule has 0 unspecified atom stereocenters. The third-order valence-electron chi connectivity index (χ3n) is 1.59. The van der Waals surface area contributed by atoms with Gasteiger partial charge in [-0.1, -0.05) is 0 Å². The first-order valence-electron chi connectivity index (χ1n) is 3.97. The number of carbonyl (C=O) groups excluding carboxylic acids is 1. The van der Waals surface area contributed by atoms with Crippen molar-refractivity contribution in [3.8, 4) is 5.88 Å². The van der Waals surface area contributed by atoms with Crippen molar-refractivity contribution in [2.24, 2.45) is 5.73 Å². The van der Waals surface area contributed by atoms with Crippen LogP contribution in [0.3, 0.4) is 0 Å². The zero-order chi connectivity index (χ0) is 12.3. The Kier molecular flexibility index (Phi) is 4.08. The van der Waals surface area contributed by atoms with Crippen LogP contribution in [0.5, 0.6) is 5.88 Å². The van der Waals surface area contributed by atoms with Crippen molar-refractivity contribution < 1.29 is 22.7 Å². The minimum atomic E-state index is -4.82. The number of carbonyl (C=O) groups is 1. The molecule has 0 aliphatic carbocycles. The van der Waals surface area contributed by atoms with Gasteiger partial charge in [0.25, 0.3) is 0 Å². The number of hydrogen-bond donors (Lipinski definition) is 1. The summed E-state index contributed by atoms with van der Waals surface area (Å²) in [7, 11) is 0. The predicted molar refractivity (Wildman–Crippen MR) is 56.9 cm³/mol. The van der Waals surface area contributed by atoms with Crippen LogP contribution in [0.2, 0.25) is 0 Å². The van der Waals surface area contributed by atoms with Gasteiger partial charge in [-0.3, -0.25) is 4.79 Å². The van der Waals surface area contributed by atoms with Crippen molar-refractivity contribution in [2.45, 2.75) is 12.9 Å². The molecule has 0 aliphatic rings. The molecular weight excluding hydrogens is 340 g/mol. The van der Waals surface area contributed by atoms with Gasteiger partial charge in [-0.15, -0.1) is 13.2 Å². The molecule has 0 aromatic carbocycles. The Morgan fingerprint density at radius 3 is 2.62 bits per heavy atom. The maximum absolute atomic E-state index is 12.0. The topological polar surface area (TPSA) is 65.2 Å². The summed E-state index contributed by atoms with van der Waals surface area (Å²) >= 11 is 1.60. The fourth-order valence-electron chi connectivity index (χ4n) is 0.969. The Labute approximate surface area is 102 Å². The number of nitrogens with zero attached hydrogens (tertiary/aromatic N) is 1. The van der Waals surface area contributed by atoms with Crippen LogP contribution in [0.4, 0.5) is 13.2 Å². The van der Waals surface area contributed by atoms with E-state index in [1.807, 2.05) is 0 Å². The highest BCUT2D eigenvalue weighted by Gasteiger charge is 2.33. The fourth-order valence-corrected chi connectivity index (χ4v) is 1.54. The smallest absolute Gasteiger partial charge is 0.387 e. The SMILES string of the molecule is NCc1nc(OC(F)(F)F)c(I)cc1C=O. The van der Waals surface area contributed by atoms with E-state index in [1.165, 1.54) is 6.07 Å². The molecular formula is C8H6F3IN2O2. The molecule has 1 heterocycles. The van der Waals surface area contributed by atoms with E-state index in [2.05, 4.69) is 9.72 Å². The second-order valence-corrected chi connectivity index (χ2v) is 3.84. The summed E-state index contributed by atoms with van der Waals surface area (Å²) in [5.41, 5.74) is 5.47. The Morgan fingerprint density at radius 1 is 1.56 bits per heavy atom. The van der Waals surface area contributed by atoms with Crippen LogP contribution in [0.15, 0.2) is 6.07 Å². The lowest BCUT2D eigenvalue weighted by molar-refractivity contribution is -0.276. The molecule has 0 bridgehead atoms. The quantitative estimate of drug-likeness (QED) is 0.670. The highest BCUT2D eigenvalue weighted by Crippen LogP contribution is 2.27. The molecule has 0 radical (unpaired) electrons. The van der Waals surface area contributed by atoms with Gasteiger partial charge < -0.3 is 10.5 Å². The highest BCUT2D eigenvalue weighted by atomic mass is 127. The second kappa shape index (κ2) is 4.95. The lowest BCUT2D eigenvalue weighted by Gasteiger charge is -2.11. The molecule has 0 saturated heterocycles. The molecule has 16 heavy (non-hydrogen) atoms. The summed E-state index contributed by atoms with van der Waals surface area (Å²) in [5.74, 6) is -0.598. The number of nitrogens with two attached hydrogens (primary N) is 1. The maximum atomic E-state index is 12.0. The summed E-state index contributed by atoms with van der Waals surface area (Å²) in [6.07, 6.45) is -4.34. The maximum Gasteiger partial charge on any atom is 0.574 e. The van der Waals surface area contributed by atoms with Crippen molar-refractivity contribution in [2.75, 3.05) is 0 Å². The molecule has 0 saturated carbocycles. The lowest BCUT2D eigenvalue weighted by Crippen LogP contribution is -2.20. The standard InChI is InChI=1S/C8H6F3IN2O2/c9-8(10,11)16-7-5(12)1-4(3-15)6(2-13)14-7/h1,3H,2,13H2. The molecule has 88 valence electrons. The van der Waals surface area contributed by atoms with Crippen LogP contribution in [0, 0.1) is 3.57 Å². The average molecular weight is 346 g/mol. The monoisotopic (exact) mass is 346 g/mol. The van der Waals surface area contributed by atoms with Gasteiger partial charge in [-0.05, 0) is 28.7 Å². The number of halogens is 4. The van der Waals surface area contributed by atoms with E-state index in [-0.39, 0.29) is 21.4 Å². The molecule has 1 aromatic rings. The van der Waals surface area contributed by atoms with Crippen LogP contribution in [0.25, 0.3) is 0 Å². The molecule has 8 heteroatoms.